The standard InChI is InChI=1S/C6H13N/c1-6(2,3)7-4-5-7/h4-5H2,1-3H3/p+1. The fourth-order valence-electron chi connectivity index (χ4n) is 0.812. The third-order valence-corrected chi connectivity index (χ3v) is 1.56. The monoisotopic (exact) mass is 100 g/mol. The second-order valence-corrected chi connectivity index (χ2v) is 3.35. The molecular formula is C6H14N+. The van der Waals surface area contributed by atoms with E-state index in [0.29, 0.717) is 5.54 Å². The maximum absolute atomic E-state index is 2.29. The first kappa shape index (κ1) is 5.10. The van der Waals surface area contributed by atoms with Crippen LogP contribution in [0.25, 0.3) is 0 Å². The number of hydrogen-bond acceptors (Lipinski definition) is 0. The molecule has 0 unspecified atom stereocenters. The van der Waals surface area contributed by atoms with E-state index in [0.717, 1.165) is 0 Å². The first-order valence-corrected chi connectivity index (χ1v) is 2.96. The molecule has 1 saturated heterocycles. The summed E-state index contributed by atoms with van der Waals surface area (Å²) in [7, 11) is 0. The summed E-state index contributed by atoms with van der Waals surface area (Å²) in [5.74, 6) is 0. The van der Waals surface area contributed by atoms with Crippen LogP contribution < -0.4 is 4.90 Å². The normalized spacial score (nSPS) is 22.7. The fraction of sp³-hybridized carbons (Fsp3) is 1.00. The highest BCUT2D eigenvalue weighted by molar-refractivity contribution is 4.61. The Morgan fingerprint density at radius 2 is 1.57 bits per heavy atom. The molecule has 0 bridgehead atoms. The maximum Gasteiger partial charge on any atom is 0.127 e. The van der Waals surface area contributed by atoms with Crippen molar-refractivity contribution in [2.24, 2.45) is 0 Å². The maximum atomic E-state index is 2.29. The second-order valence-electron chi connectivity index (χ2n) is 3.35. The Morgan fingerprint density at radius 1 is 1.14 bits per heavy atom. The zero-order valence-corrected chi connectivity index (χ0v) is 5.41. The van der Waals surface area contributed by atoms with Gasteiger partial charge in [0.2, 0.25) is 0 Å². The third kappa shape index (κ3) is 1.16. The molecule has 1 fully saturated rings. The third-order valence-electron chi connectivity index (χ3n) is 1.56. The van der Waals surface area contributed by atoms with Gasteiger partial charge in [-0.25, -0.2) is 0 Å². The van der Waals surface area contributed by atoms with Gasteiger partial charge in [-0.05, 0) is 20.8 Å². The highest BCUT2D eigenvalue weighted by Gasteiger charge is 2.35. The Balaban J connectivity index is 2.36. The number of hydrogen-bond donors (Lipinski definition) is 1. The lowest BCUT2D eigenvalue weighted by Gasteiger charge is -2.14. The van der Waals surface area contributed by atoms with Gasteiger partial charge in [0.25, 0.3) is 0 Å². The van der Waals surface area contributed by atoms with Crippen molar-refractivity contribution in [3.63, 3.8) is 0 Å². The molecule has 0 atom stereocenters. The molecule has 7 heavy (non-hydrogen) atoms. The predicted octanol–water partition coefficient (Wildman–Crippen LogP) is -0.317. The predicted molar refractivity (Wildman–Crippen MR) is 30.4 cm³/mol. The summed E-state index contributed by atoms with van der Waals surface area (Å²) in [6.45, 7) is 9.65. The second kappa shape index (κ2) is 1.22. The lowest BCUT2D eigenvalue weighted by Crippen LogP contribution is -3.01. The average molecular weight is 100 g/mol. The van der Waals surface area contributed by atoms with Gasteiger partial charge in [-0.1, -0.05) is 0 Å². The van der Waals surface area contributed by atoms with Gasteiger partial charge in [-0.3, -0.25) is 0 Å². The zero-order chi connectivity index (χ0) is 5.49. The van der Waals surface area contributed by atoms with Gasteiger partial charge in [0.15, 0.2) is 0 Å². The van der Waals surface area contributed by atoms with Crippen LogP contribution in [0, 0.1) is 0 Å². The summed E-state index contributed by atoms with van der Waals surface area (Å²) >= 11 is 0. The average Bonchev–Trinajstić information content (AvgIpc) is 1.99. The molecule has 1 N–H and O–H groups in total. The molecule has 0 aromatic rings. The van der Waals surface area contributed by atoms with Gasteiger partial charge < -0.3 is 4.90 Å². The van der Waals surface area contributed by atoms with E-state index in [1.54, 1.807) is 4.90 Å². The van der Waals surface area contributed by atoms with Crippen LogP contribution in [0.4, 0.5) is 0 Å². The van der Waals surface area contributed by atoms with Crippen LogP contribution >= 0.6 is 0 Å². The zero-order valence-electron chi connectivity index (χ0n) is 5.41. The molecule has 0 aliphatic carbocycles. The van der Waals surface area contributed by atoms with Crippen LogP contribution in [0.2, 0.25) is 0 Å². The smallest absolute Gasteiger partial charge is 0.127 e. The highest BCUT2D eigenvalue weighted by Crippen LogP contribution is 1.94. The van der Waals surface area contributed by atoms with Gasteiger partial charge in [0.1, 0.15) is 13.1 Å². The molecule has 0 spiro atoms. The summed E-state index contributed by atoms with van der Waals surface area (Å²) in [6.07, 6.45) is 0. The highest BCUT2D eigenvalue weighted by atomic mass is 15.3. The minimum Gasteiger partial charge on any atom is -0.321 e. The number of rotatable bonds is 0. The van der Waals surface area contributed by atoms with Gasteiger partial charge in [0.05, 0.1) is 5.54 Å². The van der Waals surface area contributed by atoms with Crippen molar-refractivity contribution in [3.8, 4) is 0 Å². The van der Waals surface area contributed by atoms with E-state index in [2.05, 4.69) is 20.8 Å². The van der Waals surface area contributed by atoms with Gasteiger partial charge in [0, 0.05) is 0 Å². The van der Waals surface area contributed by atoms with E-state index >= 15 is 0 Å². The van der Waals surface area contributed by atoms with E-state index in [4.69, 9.17) is 0 Å². The Bertz CT molecular complexity index is 66.7. The lowest BCUT2D eigenvalue weighted by atomic mass is 10.1. The van der Waals surface area contributed by atoms with Crippen LogP contribution in [0.1, 0.15) is 20.8 Å². The quantitative estimate of drug-likeness (QED) is 0.398. The molecule has 42 valence electrons. The Morgan fingerprint density at radius 3 is 1.57 bits per heavy atom. The van der Waals surface area contributed by atoms with Gasteiger partial charge >= 0.3 is 0 Å². The molecule has 1 aliphatic rings. The van der Waals surface area contributed by atoms with E-state index in [1.807, 2.05) is 0 Å². The summed E-state index contributed by atoms with van der Waals surface area (Å²) in [6, 6.07) is 0. The van der Waals surface area contributed by atoms with Crippen LogP contribution in [0.15, 0.2) is 0 Å². The number of nitrogens with one attached hydrogen (secondary N) is 1. The van der Waals surface area contributed by atoms with E-state index in [1.165, 1.54) is 13.1 Å². The van der Waals surface area contributed by atoms with E-state index in [9.17, 15) is 0 Å². The first-order chi connectivity index (χ1) is 3.11. The van der Waals surface area contributed by atoms with Crippen LogP contribution in [0.3, 0.4) is 0 Å². The van der Waals surface area contributed by atoms with Crippen molar-refractivity contribution in [3.05, 3.63) is 0 Å². The topological polar surface area (TPSA) is 4.44 Å². The van der Waals surface area contributed by atoms with Crippen molar-refractivity contribution in [1.82, 2.24) is 0 Å². The molecule has 0 aromatic heterocycles. The van der Waals surface area contributed by atoms with Crippen LogP contribution in [0.5, 0.6) is 0 Å². The van der Waals surface area contributed by atoms with Crippen molar-refractivity contribution < 1.29 is 4.90 Å². The Labute approximate surface area is 45.3 Å². The Hall–Kier alpha value is -0.0400. The summed E-state index contributed by atoms with van der Waals surface area (Å²) in [5, 5.41) is 0. The summed E-state index contributed by atoms with van der Waals surface area (Å²) < 4.78 is 0. The molecule has 1 heterocycles. The minimum atomic E-state index is 0.528. The summed E-state index contributed by atoms with van der Waals surface area (Å²) in [5.41, 5.74) is 0.528. The van der Waals surface area contributed by atoms with Gasteiger partial charge in [-0.2, -0.15) is 0 Å². The van der Waals surface area contributed by atoms with Crippen molar-refractivity contribution in [2.45, 2.75) is 26.3 Å². The van der Waals surface area contributed by atoms with Crippen LogP contribution in [-0.4, -0.2) is 18.6 Å². The van der Waals surface area contributed by atoms with Crippen molar-refractivity contribution in [2.75, 3.05) is 13.1 Å². The first-order valence-electron chi connectivity index (χ1n) is 2.96. The van der Waals surface area contributed by atoms with Crippen molar-refractivity contribution >= 4 is 0 Å². The summed E-state index contributed by atoms with van der Waals surface area (Å²) in [4.78, 5) is 1.74. The SMILES string of the molecule is CC(C)(C)[NH+]1CC1. The van der Waals surface area contributed by atoms with Crippen molar-refractivity contribution in [1.29, 1.82) is 0 Å². The molecule has 1 aliphatic heterocycles. The minimum absolute atomic E-state index is 0.528. The number of quaternary nitrogens is 1. The molecule has 0 amide bonds. The molecule has 1 heteroatoms. The van der Waals surface area contributed by atoms with E-state index < -0.39 is 0 Å². The molecule has 1 nitrogen and oxygen atoms in total. The van der Waals surface area contributed by atoms with Gasteiger partial charge in [-0.15, -0.1) is 0 Å². The lowest BCUT2D eigenvalue weighted by molar-refractivity contribution is -0.815. The molecule has 1 rings (SSSR count). The molecular weight excluding hydrogens is 86.1 g/mol. The molecule has 0 radical (unpaired) electrons. The molecule has 0 saturated carbocycles. The van der Waals surface area contributed by atoms with Crippen LogP contribution in [-0.2, 0) is 0 Å². The van der Waals surface area contributed by atoms with E-state index in [-0.39, 0.29) is 0 Å². The largest absolute Gasteiger partial charge is 0.321 e. The molecule has 0 aromatic carbocycles. The Kier molecular flexibility index (Phi) is 0.890. The fourth-order valence-corrected chi connectivity index (χ4v) is 0.812.